The zero-order chi connectivity index (χ0) is 26.2. The predicted octanol–water partition coefficient (Wildman–Crippen LogP) is 4.20. The van der Waals surface area contributed by atoms with Crippen molar-refractivity contribution in [1.82, 2.24) is 24.7 Å². The molecule has 0 spiro atoms. The van der Waals surface area contributed by atoms with E-state index in [0.29, 0.717) is 13.0 Å². The molecule has 0 unspecified atom stereocenters. The maximum absolute atomic E-state index is 14.4. The smallest absolute Gasteiger partial charge is 0.257 e. The van der Waals surface area contributed by atoms with Crippen molar-refractivity contribution in [2.24, 2.45) is 0 Å². The Hall–Kier alpha value is -2.88. The van der Waals surface area contributed by atoms with E-state index in [1.54, 1.807) is 4.90 Å². The third-order valence-electron chi connectivity index (χ3n) is 6.65. The van der Waals surface area contributed by atoms with Gasteiger partial charge in [-0.1, -0.05) is 19.9 Å². The molecule has 0 atom stereocenters. The number of hydrogen-bond donors (Lipinski definition) is 1. The van der Waals surface area contributed by atoms with Crippen molar-refractivity contribution in [2.75, 3.05) is 45.9 Å². The van der Waals surface area contributed by atoms with E-state index in [0.717, 1.165) is 99.5 Å². The minimum Gasteiger partial charge on any atom is -0.379 e. The number of morpholine rings is 1. The van der Waals surface area contributed by atoms with Crippen LogP contribution in [0.4, 0.5) is 8.78 Å². The Labute approximate surface area is 217 Å². The summed E-state index contributed by atoms with van der Waals surface area (Å²) in [5, 5.41) is 3.52. The number of nitrogens with zero attached hydrogens (tertiary/aromatic N) is 4. The maximum Gasteiger partial charge on any atom is 0.257 e. The number of carbonyl (C=O) groups excluding carboxylic acids is 1. The monoisotopic (exact) mass is 513 g/mol. The number of carbonyl (C=O) groups is 1. The van der Waals surface area contributed by atoms with Crippen LogP contribution in [0, 0.1) is 11.6 Å². The number of amides is 1. The molecule has 0 aliphatic carbocycles. The lowest BCUT2D eigenvalue weighted by Gasteiger charge is -2.26. The van der Waals surface area contributed by atoms with Gasteiger partial charge in [-0.15, -0.1) is 0 Å². The number of ether oxygens (including phenoxy) is 1. The Morgan fingerprint density at radius 1 is 1.08 bits per heavy atom. The van der Waals surface area contributed by atoms with Gasteiger partial charge in [0.15, 0.2) is 0 Å². The van der Waals surface area contributed by atoms with Crippen LogP contribution in [0.2, 0.25) is 0 Å². The first-order valence-electron chi connectivity index (χ1n) is 13.2. The summed E-state index contributed by atoms with van der Waals surface area (Å²) in [6, 6.07) is 9.26. The van der Waals surface area contributed by atoms with Crippen molar-refractivity contribution in [3.05, 3.63) is 65.0 Å². The third kappa shape index (κ3) is 6.91. The lowest BCUT2D eigenvalue weighted by molar-refractivity contribution is 0.0384. The summed E-state index contributed by atoms with van der Waals surface area (Å²) in [5.41, 5.74) is 2.77. The molecule has 1 N–H and O–H groups in total. The molecule has 0 bridgehead atoms. The molecule has 0 radical (unpaired) electrons. The summed E-state index contributed by atoms with van der Waals surface area (Å²) in [7, 11) is 0. The van der Waals surface area contributed by atoms with Gasteiger partial charge in [0.05, 0.1) is 36.4 Å². The van der Waals surface area contributed by atoms with Gasteiger partial charge >= 0.3 is 0 Å². The first-order valence-corrected chi connectivity index (χ1v) is 13.2. The average molecular weight is 514 g/mol. The topological polar surface area (TPSA) is 62.6 Å². The highest BCUT2D eigenvalue weighted by molar-refractivity contribution is 5.94. The zero-order valence-electron chi connectivity index (χ0n) is 21.8. The molecule has 3 aromatic rings. The fourth-order valence-corrected chi connectivity index (χ4v) is 4.75. The molecule has 2 heterocycles. The van der Waals surface area contributed by atoms with Gasteiger partial charge in [-0.05, 0) is 48.7 Å². The minimum atomic E-state index is -0.722. The molecule has 1 fully saturated rings. The van der Waals surface area contributed by atoms with E-state index in [9.17, 15) is 13.6 Å². The van der Waals surface area contributed by atoms with Gasteiger partial charge in [-0.25, -0.2) is 13.8 Å². The highest BCUT2D eigenvalue weighted by atomic mass is 19.1. The number of nitrogens with one attached hydrogen (secondary N) is 1. The molecule has 9 heteroatoms. The van der Waals surface area contributed by atoms with Crippen molar-refractivity contribution in [3.8, 4) is 0 Å². The highest BCUT2D eigenvalue weighted by Gasteiger charge is 2.22. The standard InChI is InChI=1S/C28H37F2N5O2/c1-3-10-34(28(36)23-18-22(29)6-7-24(23)30)20-27-32-25-17-21(5-8-26(25)35(27)11-4-2)19-31-9-12-33-13-15-37-16-14-33/h5-8,17-18,31H,3-4,9-16,19-20H2,1-2H3. The predicted molar refractivity (Wildman–Crippen MR) is 140 cm³/mol. The summed E-state index contributed by atoms with van der Waals surface area (Å²) >= 11 is 0. The van der Waals surface area contributed by atoms with Crippen LogP contribution >= 0.6 is 0 Å². The number of fused-ring (bicyclic) bond motifs is 1. The molecular formula is C28H37F2N5O2. The summed E-state index contributed by atoms with van der Waals surface area (Å²) in [5.74, 6) is -1.14. The number of halogens is 2. The maximum atomic E-state index is 14.4. The van der Waals surface area contributed by atoms with Crippen molar-refractivity contribution < 1.29 is 18.3 Å². The minimum absolute atomic E-state index is 0.227. The summed E-state index contributed by atoms with van der Waals surface area (Å²) in [6.45, 7) is 11.7. The van der Waals surface area contributed by atoms with E-state index in [-0.39, 0.29) is 12.1 Å². The molecule has 2 aromatic carbocycles. The summed E-state index contributed by atoms with van der Waals surface area (Å²) in [6.07, 6.45) is 1.60. The second kappa shape index (κ2) is 13.1. The number of aromatic nitrogens is 2. The largest absolute Gasteiger partial charge is 0.379 e. The van der Waals surface area contributed by atoms with Crippen LogP contribution in [0.25, 0.3) is 11.0 Å². The SMILES string of the molecule is CCCN(Cc1nc2cc(CNCCN3CCOCC3)ccc2n1CCC)C(=O)c1cc(F)ccc1F. The number of hydrogen-bond acceptors (Lipinski definition) is 5. The van der Waals surface area contributed by atoms with Crippen LogP contribution < -0.4 is 5.32 Å². The van der Waals surface area contributed by atoms with Crippen LogP contribution in [0.5, 0.6) is 0 Å². The first-order chi connectivity index (χ1) is 18.0. The summed E-state index contributed by atoms with van der Waals surface area (Å²) < 4.78 is 35.7. The lowest BCUT2D eigenvalue weighted by Crippen LogP contribution is -2.40. The fraction of sp³-hybridized carbons (Fsp3) is 0.500. The highest BCUT2D eigenvalue weighted by Crippen LogP contribution is 2.22. The number of aryl methyl sites for hydroxylation is 1. The normalized spacial score (nSPS) is 14.4. The van der Waals surface area contributed by atoms with Gasteiger partial charge in [0, 0.05) is 45.8 Å². The molecule has 1 aliphatic rings. The second-order valence-corrected chi connectivity index (χ2v) is 9.48. The molecule has 1 amide bonds. The molecule has 1 aliphatic heterocycles. The Balaban J connectivity index is 1.49. The molecule has 1 saturated heterocycles. The van der Waals surface area contributed by atoms with Crippen LogP contribution in [0.15, 0.2) is 36.4 Å². The van der Waals surface area contributed by atoms with E-state index < -0.39 is 17.5 Å². The van der Waals surface area contributed by atoms with Crippen LogP contribution in [0.3, 0.4) is 0 Å². The van der Waals surface area contributed by atoms with E-state index >= 15 is 0 Å². The van der Waals surface area contributed by atoms with Crippen molar-refractivity contribution in [1.29, 1.82) is 0 Å². The molecule has 200 valence electrons. The molecule has 7 nitrogen and oxygen atoms in total. The molecule has 37 heavy (non-hydrogen) atoms. The van der Waals surface area contributed by atoms with Gasteiger partial charge < -0.3 is 19.5 Å². The van der Waals surface area contributed by atoms with E-state index in [1.807, 2.05) is 6.92 Å². The van der Waals surface area contributed by atoms with Crippen LogP contribution in [-0.2, 0) is 24.4 Å². The quantitative estimate of drug-likeness (QED) is 0.368. The average Bonchev–Trinajstić information content (AvgIpc) is 3.24. The van der Waals surface area contributed by atoms with Crippen molar-refractivity contribution >= 4 is 16.9 Å². The number of benzene rings is 2. The van der Waals surface area contributed by atoms with E-state index in [2.05, 4.69) is 39.9 Å². The van der Waals surface area contributed by atoms with Crippen LogP contribution in [0.1, 0.15) is 48.4 Å². The van der Waals surface area contributed by atoms with Gasteiger partial charge in [-0.2, -0.15) is 0 Å². The fourth-order valence-electron chi connectivity index (χ4n) is 4.75. The van der Waals surface area contributed by atoms with Gasteiger partial charge in [0.1, 0.15) is 17.5 Å². The Bertz CT molecular complexity index is 1190. The van der Waals surface area contributed by atoms with Gasteiger partial charge in [0.2, 0.25) is 0 Å². The lowest BCUT2D eigenvalue weighted by atomic mass is 10.1. The number of imidazole rings is 1. The van der Waals surface area contributed by atoms with Gasteiger partial charge in [0.25, 0.3) is 5.91 Å². The molecule has 0 saturated carbocycles. The first kappa shape index (κ1) is 27.2. The molecule has 4 rings (SSSR count). The Kier molecular flexibility index (Phi) is 9.60. The van der Waals surface area contributed by atoms with Gasteiger partial charge in [-0.3, -0.25) is 9.69 Å². The van der Waals surface area contributed by atoms with Crippen molar-refractivity contribution in [3.63, 3.8) is 0 Å². The Morgan fingerprint density at radius 3 is 2.65 bits per heavy atom. The van der Waals surface area contributed by atoms with E-state index in [1.165, 1.54) is 0 Å². The zero-order valence-corrected chi connectivity index (χ0v) is 21.8. The van der Waals surface area contributed by atoms with Crippen molar-refractivity contribution in [2.45, 2.75) is 46.3 Å². The third-order valence-corrected chi connectivity index (χ3v) is 6.65. The van der Waals surface area contributed by atoms with Crippen LogP contribution in [-0.4, -0.2) is 71.2 Å². The second-order valence-electron chi connectivity index (χ2n) is 9.48. The van der Waals surface area contributed by atoms with E-state index in [4.69, 9.17) is 9.72 Å². The Morgan fingerprint density at radius 2 is 1.89 bits per heavy atom. The summed E-state index contributed by atoms with van der Waals surface area (Å²) in [4.78, 5) is 22.0. The number of rotatable bonds is 12. The molecular weight excluding hydrogens is 476 g/mol. The molecule has 1 aromatic heterocycles.